The number of carbonyl (C=O) groups excluding carboxylic acids is 1. The number of hydrogen-bond donors (Lipinski definition) is 2. The molecule has 1 amide bonds. The SMILES string of the molecule is C=C(C)/C(=C\C=C(/C)OCC[C@@H](C)C1CCN(c2nc(C(C)C)no2)CC1)C(=O)N[C@H](C)CO. The lowest BCUT2D eigenvalue weighted by molar-refractivity contribution is -0.118. The van der Waals surface area contributed by atoms with Crippen molar-refractivity contribution in [3.63, 3.8) is 0 Å². The lowest BCUT2D eigenvalue weighted by Gasteiger charge is -2.33. The monoisotopic (exact) mass is 474 g/mol. The predicted molar refractivity (Wildman–Crippen MR) is 134 cm³/mol. The third kappa shape index (κ3) is 8.31. The topological polar surface area (TPSA) is 101 Å². The zero-order valence-electron chi connectivity index (χ0n) is 21.6. The van der Waals surface area contributed by atoms with Crippen LogP contribution in [0.5, 0.6) is 0 Å². The molecule has 0 aliphatic carbocycles. The zero-order valence-corrected chi connectivity index (χ0v) is 21.6. The van der Waals surface area contributed by atoms with Crippen LogP contribution in [-0.4, -0.2) is 53.5 Å². The summed E-state index contributed by atoms with van der Waals surface area (Å²) in [6.45, 7) is 18.1. The van der Waals surface area contributed by atoms with Crippen molar-refractivity contribution in [2.45, 2.75) is 72.8 Å². The highest BCUT2D eigenvalue weighted by atomic mass is 16.5. The standard InChI is InChI=1S/C26H42N4O4/c1-17(2)23(25(32)27-20(6)16-31)9-8-21(7)33-15-12-19(5)22-10-13-30(14-11-22)26-28-24(18(3)4)29-34-26/h8-9,18-20,22,31H,1,10-16H2,2-7H3,(H,27,32)/b21-8+,23-9+/t19-,20-/m1/s1. The summed E-state index contributed by atoms with van der Waals surface area (Å²) in [7, 11) is 0. The van der Waals surface area contributed by atoms with Crippen LogP contribution in [0.2, 0.25) is 0 Å². The fraction of sp³-hybridized carbons (Fsp3) is 0.654. The van der Waals surface area contributed by atoms with Crippen LogP contribution in [0, 0.1) is 11.8 Å². The van der Waals surface area contributed by atoms with E-state index in [4.69, 9.17) is 14.4 Å². The molecule has 8 nitrogen and oxygen atoms in total. The quantitative estimate of drug-likeness (QED) is 0.264. The Labute approximate surface area is 204 Å². The molecule has 0 aromatic carbocycles. The van der Waals surface area contributed by atoms with Crippen LogP contribution >= 0.6 is 0 Å². The molecule has 2 atom stereocenters. The number of aliphatic hydroxyl groups is 1. The van der Waals surface area contributed by atoms with Gasteiger partial charge in [0.05, 0.1) is 19.0 Å². The molecule has 1 fully saturated rings. The van der Waals surface area contributed by atoms with E-state index in [-0.39, 0.29) is 24.5 Å². The minimum absolute atomic E-state index is 0.111. The number of rotatable bonds is 12. The lowest BCUT2D eigenvalue weighted by Crippen LogP contribution is -2.36. The summed E-state index contributed by atoms with van der Waals surface area (Å²) in [6.07, 6.45) is 6.69. The van der Waals surface area contributed by atoms with Gasteiger partial charge in [-0.1, -0.05) is 32.5 Å². The van der Waals surface area contributed by atoms with Crippen LogP contribution in [0.3, 0.4) is 0 Å². The average Bonchev–Trinajstić information content (AvgIpc) is 3.29. The maximum Gasteiger partial charge on any atom is 0.324 e. The first kappa shape index (κ1) is 27.6. The smallest absolute Gasteiger partial charge is 0.324 e. The number of aliphatic hydroxyl groups excluding tert-OH is 1. The van der Waals surface area contributed by atoms with Gasteiger partial charge in [0.1, 0.15) is 0 Å². The number of allylic oxidation sites excluding steroid dienone is 3. The van der Waals surface area contributed by atoms with Crippen molar-refractivity contribution in [3.05, 3.63) is 41.5 Å². The molecule has 0 unspecified atom stereocenters. The van der Waals surface area contributed by atoms with E-state index in [1.807, 2.05) is 6.92 Å². The molecule has 2 heterocycles. The van der Waals surface area contributed by atoms with Crippen molar-refractivity contribution < 1.29 is 19.2 Å². The number of nitrogens with one attached hydrogen (secondary N) is 1. The predicted octanol–water partition coefficient (Wildman–Crippen LogP) is 4.36. The summed E-state index contributed by atoms with van der Waals surface area (Å²) >= 11 is 0. The van der Waals surface area contributed by atoms with Crippen LogP contribution < -0.4 is 10.2 Å². The summed E-state index contributed by atoms with van der Waals surface area (Å²) in [6, 6.07) is 0.329. The highest BCUT2D eigenvalue weighted by Gasteiger charge is 2.26. The van der Waals surface area contributed by atoms with Crippen LogP contribution in [0.15, 0.2) is 40.2 Å². The van der Waals surface area contributed by atoms with Crippen molar-refractivity contribution >= 4 is 11.9 Å². The third-order valence-electron chi connectivity index (χ3n) is 6.31. The molecule has 1 aliphatic heterocycles. The summed E-state index contributed by atoms with van der Waals surface area (Å²) in [5, 5.41) is 16.0. The number of carbonyl (C=O) groups is 1. The first-order chi connectivity index (χ1) is 16.1. The molecular weight excluding hydrogens is 432 g/mol. The second-order valence-corrected chi connectivity index (χ2v) is 9.72. The maximum absolute atomic E-state index is 12.4. The van der Waals surface area contributed by atoms with Gasteiger partial charge in [-0.2, -0.15) is 4.98 Å². The molecule has 1 saturated heterocycles. The molecule has 1 aromatic rings. The fourth-order valence-electron chi connectivity index (χ4n) is 3.90. The molecule has 1 aliphatic rings. The van der Waals surface area contributed by atoms with Crippen molar-refractivity contribution in [2.75, 3.05) is 31.2 Å². The zero-order chi connectivity index (χ0) is 25.3. The molecule has 0 saturated carbocycles. The van der Waals surface area contributed by atoms with Gasteiger partial charge < -0.3 is 24.6 Å². The van der Waals surface area contributed by atoms with E-state index in [9.17, 15) is 4.79 Å². The Balaban J connectivity index is 1.78. The van der Waals surface area contributed by atoms with Crippen molar-refractivity contribution in [3.8, 4) is 0 Å². The van der Waals surface area contributed by atoms with Gasteiger partial charge in [0, 0.05) is 30.6 Å². The van der Waals surface area contributed by atoms with Crippen molar-refractivity contribution in [2.24, 2.45) is 11.8 Å². The van der Waals surface area contributed by atoms with Crippen LogP contribution in [-0.2, 0) is 9.53 Å². The lowest BCUT2D eigenvalue weighted by atomic mass is 9.84. The van der Waals surface area contributed by atoms with Gasteiger partial charge in [-0.15, -0.1) is 0 Å². The number of piperidine rings is 1. The summed E-state index contributed by atoms with van der Waals surface area (Å²) in [5.41, 5.74) is 1.14. The Bertz CT molecular complexity index is 866. The highest BCUT2D eigenvalue weighted by Crippen LogP contribution is 2.29. The van der Waals surface area contributed by atoms with E-state index in [2.05, 4.69) is 47.7 Å². The van der Waals surface area contributed by atoms with E-state index in [0.717, 1.165) is 43.9 Å². The summed E-state index contributed by atoms with van der Waals surface area (Å²) in [4.78, 5) is 19.1. The summed E-state index contributed by atoms with van der Waals surface area (Å²) in [5.74, 6) is 2.72. The molecule has 0 radical (unpaired) electrons. The van der Waals surface area contributed by atoms with Gasteiger partial charge in [-0.05, 0) is 69.6 Å². The summed E-state index contributed by atoms with van der Waals surface area (Å²) < 4.78 is 11.3. The van der Waals surface area contributed by atoms with E-state index < -0.39 is 0 Å². The first-order valence-electron chi connectivity index (χ1n) is 12.3. The van der Waals surface area contributed by atoms with E-state index in [1.54, 1.807) is 26.0 Å². The first-order valence-corrected chi connectivity index (χ1v) is 12.3. The third-order valence-corrected chi connectivity index (χ3v) is 6.31. The molecule has 8 heteroatoms. The van der Waals surface area contributed by atoms with Gasteiger partial charge in [0.2, 0.25) is 0 Å². The second-order valence-electron chi connectivity index (χ2n) is 9.72. The van der Waals surface area contributed by atoms with E-state index in [0.29, 0.717) is 35.6 Å². The van der Waals surface area contributed by atoms with E-state index in [1.165, 1.54) is 0 Å². The maximum atomic E-state index is 12.4. The number of amides is 1. The number of anilines is 1. The number of nitrogens with zero attached hydrogens (tertiary/aromatic N) is 3. The Morgan fingerprint density at radius 3 is 2.50 bits per heavy atom. The highest BCUT2D eigenvalue weighted by molar-refractivity contribution is 5.97. The molecule has 190 valence electrons. The molecular formula is C26H42N4O4. The molecule has 34 heavy (non-hydrogen) atoms. The van der Waals surface area contributed by atoms with Gasteiger partial charge in [0.15, 0.2) is 5.82 Å². The molecule has 2 N–H and O–H groups in total. The fourth-order valence-corrected chi connectivity index (χ4v) is 3.90. The number of ether oxygens (including phenoxy) is 1. The van der Waals surface area contributed by atoms with Gasteiger partial charge in [-0.25, -0.2) is 0 Å². The number of aromatic nitrogens is 2. The average molecular weight is 475 g/mol. The van der Waals surface area contributed by atoms with Crippen LogP contribution in [0.25, 0.3) is 0 Å². The van der Waals surface area contributed by atoms with Crippen LogP contribution in [0.4, 0.5) is 6.01 Å². The van der Waals surface area contributed by atoms with Crippen molar-refractivity contribution in [1.82, 2.24) is 15.5 Å². The Morgan fingerprint density at radius 2 is 1.94 bits per heavy atom. The largest absolute Gasteiger partial charge is 0.498 e. The Morgan fingerprint density at radius 1 is 1.26 bits per heavy atom. The normalized spacial score (nSPS) is 17.6. The van der Waals surface area contributed by atoms with Crippen LogP contribution in [0.1, 0.15) is 72.5 Å². The molecule has 0 spiro atoms. The minimum Gasteiger partial charge on any atom is -0.498 e. The van der Waals surface area contributed by atoms with Crippen molar-refractivity contribution in [1.29, 1.82) is 0 Å². The van der Waals surface area contributed by atoms with Gasteiger partial charge in [0.25, 0.3) is 5.91 Å². The molecule has 2 rings (SSSR count). The molecule has 0 bridgehead atoms. The van der Waals surface area contributed by atoms with E-state index >= 15 is 0 Å². The Hall–Kier alpha value is -2.61. The molecule has 1 aromatic heterocycles. The van der Waals surface area contributed by atoms with Gasteiger partial charge in [-0.3, -0.25) is 4.79 Å². The Kier molecular flexibility index (Phi) is 10.8. The second kappa shape index (κ2) is 13.3. The number of hydrogen-bond acceptors (Lipinski definition) is 7. The minimum atomic E-state index is -0.311. The van der Waals surface area contributed by atoms with Gasteiger partial charge >= 0.3 is 6.01 Å².